The lowest BCUT2D eigenvalue weighted by Crippen LogP contribution is -2.35. The van der Waals surface area contributed by atoms with Gasteiger partial charge in [-0.3, -0.25) is 10.1 Å². The molecule has 0 radical (unpaired) electrons. The smallest absolute Gasteiger partial charge is 0.241 e. The number of nitrogens with two attached hydrogens (primary N) is 1. The van der Waals surface area contributed by atoms with Gasteiger partial charge in [0.25, 0.3) is 0 Å². The summed E-state index contributed by atoms with van der Waals surface area (Å²) >= 11 is 1.43. The van der Waals surface area contributed by atoms with Gasteiger partial charge in [-0.25, -0.2) is 4.98 Å². The van der Waals surface area contributed by atoms with Crippen LogP contribution < -0.4 is 11.1 Å². The molecule has 0 aliphatic carbocycles. The van der Waals surface area contributed by atoms with Gasteiger partial charge in [0.1, 0.15) is 11.0 Å². The second-order valence-corrected chi connectivity index (χ2v) is 4.00. The lowest BCUT2D eigenvalue weighted by molar-refractivity contribution is -0.120. The molecule has 0 spiro atoms. The van der Waals surface area contributed by atoms with E-state index in [9.17, 15) is 4.79 Å². The Labute approximate surface area is 92.6 Å². The van der Waals surface area contributed by atoms with Crippen molar-refractivity contribution in [3.63, 3.8) is 0 Å². The first-order valence-electron chi connectivity index (χ1n) is 4.59. The first-order valence-corrected chi connectivity index (χ1v) is 5.46. The first kappa shape index (κ1) is 12.1. The Kier molecular flexibility index (Phi) is 4.67. The van der Waals surface area contributed by atoms with Crippen molar-refractivity contribution in [2.45, 2.75) is 13.0 Å². The zero-order chi connectivity index (χ0) is 11.3. The third kappa shape index (κ3) is 3.58. The molecule has 3 N–H and O–H groups in total. The molecule has 15 heavy (non-hydrogen) atoms. The zero-order valence-electron chi connectivity index (χ0n) is 8.82. The average Bonchev–Trinajstić information content (AvgIpc) is 2.59. The van der Waals surface area contributed by atoms with Crippen molar-refractivity contribution in [1.29, 1.82) is 0 Å². The summed E-state index contributed by atoms with van der Waals surface area (Å²) in [5, 5.41) is 5.59. The fourth-order valence-corrected chi connectivity index (χ4v) is 2.00. The highest BCUT2D eigenvalue weighted by molar-refractivity contribution is 7.09. The van der Waals surface area contributed by atoms with E-state index in [4.69, 9.17) is 10.5 Å². The van der Waals surface area contributed by atoms with Crippen molar-refractivity contribution in [2.75, 3.05) is 20.3 Å². The van der Waals surface area contributed by atoms with Gasteiger partial charge in [-0.2, -0.15) is 0 Å². The molecule has 1 aromatic heterocycles. The van der Waals surface area contributed by atoms with Gasteiger partial charge in [0.05, 0.1) is 6.61 Å². The molecule has 0 bridgehead atoms. The molecule has 84 valence electrons. The van der Waals surface area contributed by atoms with Gasteiger partial charge in [-0.1, -0.05) is 0 Å². The summed E-state index contributed by atoms with van der Waals surface area (Å²) in [6, 6.07) is -0.515. The number of methoxy groups -OCH3 is 1. The predicted molar refractivity (Wildman–Crippen MR) is 58.7 cm³/mol. The number of amides is 1. The Bertz CT molecular complexity index is 327. The largest absolute Gasteiger partial charge is 0.383 e. The summed E-state index contributed by atoms with van der Waals surface area (Å²) in [6.07, 6.45) is 0. The summed E-state index contributed by atoms with van der Waals surface area (Å²) in [4.78, 5) is 15.4. The molecular weight excluding hydrogens is 214 g/mol. The van der Waals surface area contributed by atoms with Crippen LogP contribution in [-0.2, 0) is 9.53 Å². The predicted octanol–water partition coefficient (Wildman–Crippen LogP) is 0.214. The number of carbonyl (C=O) groups is 1. The number of aromatic nitrogens is 1. The average molecular weight is 229 g/mol. The molecule has 0 aromatic carbocycles. The molecular formula is C9H15N3O2S. The molecule has 0 fully saturated rings. The van der Waals surface area contributed by atoms with Crippen molar-refractivity contribution < 1.29 is 9.53 Å². The van der Waals surface area contributed by atoms with Crippen LogP contribution in [0.3, 0.4) is 0 Å². The molecule has 5 nitrogen and oxygen atoms in total. The minimum Gasteiger partial charge on any atom is -0.383 e. The SMILES string of the molecule is COCCNC(C(N)=O)c1nc(C)cs1. The van der Waals surface area contributed by atoms with Crippen LogP contribution >= 0.6 is 11.3 Å². The van der Waals surface area contributed by atoms with Gasteiger partial charge >= 0.3 is 0 Å². The Hall–Kier alpha value is -0.980. The van der Waals surface area contributed by atoms with Gasteiger partial charge < -0.3 is 10.5 Å². The van der Waals surface area contributed by atoms with Crippen LogP contribution in [0.25, 0.3) is 0 Å². The van der Waals surface area contributed by atoms with E-state index in [0.717, 1.165) is 5.69 Å². The molecule has 0 saturated heterocycles. The van der Waals surface area contributed by atoms with E-state index in [1.807, 2.05) is 12.3 Å². The normalized spacial score (nSPS) is 12.7. The topological polar surface area (TPSA) is 77.2 Å². The van der Waals surface area contributed by atoms with E-state index in [-0.39, 0.29) is 0 Å². The van der Waals surface area contributed by atoms with Gasteiger partial charge in [0.2, 0.25) is 5.91 Å². The van der Waals surface area contributed by atoms with Crippen molar-refractivity contribution in [1.82, 2.24) is 10.3 Å². The lowest BCUT2D eigenvalue weighted by atomic mass is 10.3. The fourth-order valence-electron chi connectivity index (χ4n) is 1.12. The van der Waals surface area contributed by atoms with Crippen LogP contribution in [0.2, 0.25) is 0 Å². The van der Waals surface area contributed by atoms with Crippen molar-refractivity contribution in [3.05, 3.63) is 16.1 Å². The number of ether oxygens (including phenoxy) is 1. The zero-order valence-corrected chi connectivity index (χ0v) is 9.63. The first-order chi connectivity index (χ1) is 7.15. The van der Waals surface area contributed by atoms with Crippen molar-refractivity contribution >= 4 is 17.2 Å². The Morgan fingerprint density at radius 3 is 3.00 bits per heavy atom. The van der Waals surface area contributed by atoms with Crippen molar-refractivity contribution in [3.8, 4) is 0 Å². The Morgan fingerprint density at radius 1 is 1.80 bits per heavy atom. The third-order valence-corrected chi connectivity index (χ3v) is 2.85. The van der Waals surface area contributed by atoms with E-state index in [0.29, 0.717) is 18.2 Å². The number of rotatable bonds is 6. The summed E-state index contributed by atoms with van der Waals surface area (Å²) in [6.45, 7) is 2.99. The maximum Gasteiger partial charge on any atom is 0.241 e. The second kappa shape index (κ2) is 5.79. The lowest BCUT2D eigenvalue weighted by Gasteiger charge is -2.11. The van der Waals surface area contributed by atoms with Gasteiger partial charge in [-0.15, -0.1) is 11.3 Å². The Morgan fingerprint density at radius 2 is 2.53 bits per heavy atom. The summed E-state index contributed by atoms with van der Waals surface area (Å²) in [5.74, 6) is -0.416. The van der Waals surface area contributed by atoms with E-state index >= 15 is 0 Å². The van der Waals surface area contributed by atoms with Crippen LogP contribution in [0.5, 0.6) is 0 Å². The van der Waals surface area contributed by atoms with Crippen LogP contribution in [0.4, 0.5) is 0 Å². The molecule has 1 rings (SSSR count). The van der Waals surface area contributed by atoms with E-state index in [1.54, 1.807) is 7.11 Å². The van der Waals surface area contributed by atoms with E-state index in [2.05, 4.69) is 10.3 Å². The number of nitrogens with zero attached hydrogens (tertiary/aromatic N) is 1. The maximum absolute atomic E-state index is 11.2. The fraction of sp³-hybridized carbons (Fsp3) is 0.556. The van der Waals surface area contributed by atoms with Crippen LogP contribution in [-0.4, -0.2) is 31.2 Å². The minimum atomic E-state index is -0.515. The van der Waals surface area contributed by atoms with Gasteiger partial charge in [0, 0.05) is 24.7 Å². The summed E-state index contributed by atoms with van der Waals surface area (Å²) in [7, 11) is 1.61. The monoisotopic (exact) mass is 229 g/mol. The number of hydrogen-bond acceptors (Lipinski definition) is 5. The molecule has 6 heteroatoms. The Balaban J connectivity index is 2.62. The standard InChI is InChI=1S/C9H15N3O2S/c1-6-5-15-9(12-6)7(8(10)13)11-3-4-14-2/h5,7,11H,3-4H2,1-2H3,(H2,10,13). The number of thiazole rings is 1. The quantitative estimate of drug-likeness (QED) is 0.684. The molecule has 1 heterocycles. The highest BCUT2D eigenvalue weighted by Crippen LogP contribution is 2.17. The number of aryl methyl sites for hydroxylation is 1. The van der Waals surface area contributed by atoms with Crippen LogP contribution in [0, 0.1) is 6.92 Å². The molecule has 1 unspecified atom stereocenters. The van der Waals surface area contributed by atoms with Gasteiger partial charge in [-0.05, 0) is 6.92 Å². The summed E-state index contributed by atoms with van der Waals surface area (Å²) < 4.78 is 4.88. The number of hydrogen-bond donors (Lipinski definition) is 2. The van der Waals surface area contributed by atoms with Crippen molar-refractivity contribution in [2.24, 2.45) is 5.73 Å². The molecule has 0 saturated carbocycles. The van der Waals surface area contributed by atoms with E-state index in [1.165, 1.54) is 11.3 Å². The van der Waals surface area contributed by atoms with Crippen LogP contribution in [0.15, 0.2) is 5.38 Å². The molecule has 0 aliphatic heterocycles. The molecule has 0 aliphatic rings. The maximum atomic E-state index is 11.2. The minimum absolute atomic E-state index is 0.416. The second-order valence-electron chi connectivity index (χ2n) is 3.11. The number of primary amides is 1. The molecule has 1 amide bonds. The molecule has 1 aromatic rings. The number of nitrogens with one attached hydrogen (secondary N) is 1. The highest BCUT2D eigenvalue weighted by atomic mass is 32.1. The van der Waals surface area contributed by atoms with Crippen LogP contribution in [0.1, 0.15) is 16.7 Å². The molecule has 1 atom stereocenters. The third-order valence-electron chi connectivity index (χ3n) is 1.82. The van der Waals surface area contributed by atoms with Gasteiger partial charge in [0.15, 0.2) is 0 Å². The highest BCUT2D eigenvalue weighted by Gasteiger charge is 2.19. The number of carbonyl (C=O) groups excluding carboxylic acids is 1. The summed E-state index contributed by atoms with van der Waals surface area (Å²) in [5.41, 5.74) is 6.18. The van der Waals surface area contributed by atoms with E-state index < -0.39 is 11.9 Å².